The zero-order valence-electron chi connectivity index (χ0n) is 9.17. The smallest absolute Gasteiger partial charge is 0.133 e. The quantitative estimate of drug-likeness (QED) is 0.869. The summed E-state index contributed by atoms with van der Waals surface area (Å²) in [5.74, 6) is 0.828. The number of ether oxygens (including phenoxy) is 1. The van der Waals surface area contributed by atoms with Gasteiger partial charge in [0.2, 0.25) is 0 Å². The third kappa shape index (κ3) is 3.37. The first-order valence-electron chi connectivity index (χ1n) is 4.99. The standard InChI is InChI=1S/C12H11BrClNOS/c1-16-12-3-2-9(5-11(12)13)15-6-10-4-8(14)7-17-10/h2-5,7,15H,6H2,1H3. The van der Waals surface area contributed by atoms with Gasteiger partial charge in [-0.3, -0.25) is 0 Å². The fraction of sp³-hybridized carbons (Fsp3) is 0.167. The van der Waals surface area contributed by atoms with Crippen LogP contribution in [0.25, 0.3) is 0 Å². The molecule has 2 aromatic rings. The molecule has 1 aromatic carbocycles. The van der Waals surface area contributed by atoms with Crippen molar-refractivity contribution in [3.8, 4) is 5.75 Å². The molecule has 0 bridgehead atoms. The molecule has 0 radical (unpaired) electrons. The predicted octanol–water partition coefficient (Wildman–Crippen LogP) is 4.78. The highest BCUT2D eigenvalue weighted by atomic mass is 79.9. The molecule has 0 spiro atoms. The van der Waals surface area contributed by atoms with Gasteiger partial charge in [0.05, 0.1) is 16.6 Å². The first-order chi connectivity index (χ1) is 8.19. The lowest BCUT2D eigenvalue weighted by molar-refractivity contribution is 0.412. The summed E-state index contributed by atoms with van der Waals surface area (Å²) in [6.45, 7) is 0.774. The average molecular weight is 333 g/mol. The highest BCUT2D eigenvalue weighted by Crippen LogP contribution is 2.28. The van der Waals surface area contributed by atoms with E-state index in [4.69, 9.17) is 16.3 Å². The minimum atomic E-state index is 0.774. The Morgan fingerprint density at radius 1 is 1.41 bits per heavy atom. The van der Waals surface area contributed by atoms with Crippen molar-refractivity contribution in [1.29, 1.82) is 0 Å². The van der Waals surface area contributed by atoms with Gasteiger partial charge >= 0.3 is 0 Å². The second-order valence-corrected chi connectivity index (χ2v) is 5.72. The van der Waals surface area contributed by atoms with E-state index in [0.717, 1.165) is 27.5 Å². The van der Waals surface area contributed by atoms with Gasteiger partial charge in [0.25, 0.3) is 0 Å². The van der Waals surface area contributed by atoms with Gasteiger partial charge in [0.1, 0.15) is 5.75 Å². The van der Waals surface area contributed by atoms with Gasteiger partial charge in [0, 0.05) is 22.5 Å². The topological polar surface area (TPSA) is 21.3 Å². The van der Waals surface area contributed by atoms with Gasteiger partial charge in [0.15, 0.2) is 0 Å². The number of methoxy groups -OCH3 is 1. The van der Waals surface area contributed by atoms with Gasteiger partial charge < -0.3 is 10.1 Å². The number of anilines is 1. The van der Waals surface area contributed by atoms with Crippen LogP contribution in [0.3, 0.4) is 0 Å². The molecule has 0 amide bonds. The summed E-state index contributed by atoms with van der Waals surface area (Å²) in [6, 6.07) is 7.87. The largest absolute Gasteiger partial charge is 0.496 e. The summed E-state index contributed by atoms with van der Waals surface area (Å²) < 4.78 is 6.12. The number of benzene rings is 1. The number of thiophene rings is 1. The van der Waals surface area contributed by atoms with Crippen LogP contribution in [0.5, 0.6) is 5.75 Å². The van der Waals surface area contributed by atoms with Crippen molar-refractivity contribution in [2.75, 3.05) is 12.4 Å². The van der Waals surface area contributed by atoms with Crippen molar-refractivity contribution in [1.82, 2.24) is 0 Å². The Bertz CT molecular complexity index is 515. The molecule has 0 saturated heterocycles. The van der Waals surface area contributed by atoms with E-state index < -0.39 is 0 Å². The Balaban J connectivity index is 2.02. The first kappa shape index (κ1) is 12.7. The molecule has 0 aliphatic carbocycles. The molecule has 1 aromatic heterocycles. The van der Waals surface area contributed by atoms with Crippen LogP contribution in [0, 0.1) is 0 Å². The number of rotatable bonds is 4. The van der Waals surface area contributed by atoms with E-state index in [1.54, 1.807) is 18.4 Å². The van der Waals surface area contributed by atoms with Crippen molar-refractivity contribution in [3.63, 3.8) is 0 Å². The van der Waals surface area contributed by atoms with Gasteiger partial charge in [-0.05, 0) is 40.2 Å². The Hall–Kier alpha value is -0.710. The lowest BCUT2D eigenvalue weighted by atomic mass is 10.3. The fourth-order valence-corrected chi connectivity index (χ4v) is 2.97. The van der Waals surface area contributed by atoms with Crippen molar-refractivity contribution < 1.29 is 4.74 Å². The van der Waals surface area contributed by atoms with Crippen LogP contribution < -0.4 is 10.1 Å². The summed E-state index contributed by atoms with van der Waals surface area (Å²) in [5, 5.41) is 6.06. The van der Waals surface area contributed by atoms with Crippen LogP contribution in [0.15, 0.2) is 34.1 Å². The molecule has 0 atom stereocenters. The molecule has 2 rings (SSSR count). The molecule has 1 heterocycles. The Morgan fingerprint density at radius 2 is 2.24 bits per heavy atom. The lowest BCUT2D eigenvalue weighted by Crippen LogP contribution is -1.97. The van der Waals surface area contributed by atoms with Crippen LogP contribution in [-0.4, -0.2) is 7.11 Å². The fourth-order valence-electron chi connectivity index (χ4n) is 1.41. The van der Waals surface area contributed by atoms with Crippen LogP contribution in [0.1, 0.15) is 4.88 Å². The van der Waals surface area contributed by atoms with Crippen molar-refractivity contribution in [2.45, 2.75) is 6.54 Å². The number of nitrogens with one attached hydrogen (secondary N) is 1. The molecule has 5 heteroatoms. The zero-order valence-corrected chi connectivity index (χ0v) is 12.3. The van der Waals surface area contributed by atoms with E-state index in [1.807, 2.05) is 29.6 Å². The first-order valence-corrected chi connectivity index (χ1v) is 7.04. The summed E-state index contributed by atoms with van der Waals surface area (Å²) >= 11 is 11.0. The highest BCUT2D eigenvalue weighted by Gasteiger charge is 2.02. The van der Waals surface area contributed by atoms with E-state index in [1.165, 1.54) is 4.88 Å². The van der Waals surface area contributed by atoms with Gasteiger partial charge in [-0.1, -0.05) is 11.6 Å². The van der Waals surface area contributed by atoms with Crippen molar-refractivity contribution in [2.24, 2.45) is 0 Å². The predicted molar refractivity (Wildman–Crippen MR) is 77.3 cm³/mol. The van der Waals surface area contributed by atoms with Gasteiger partial charge in [-0.25, -0.2) is 0 Å². The van der Waals surface area contributed by atoms with E-state index in [0.29, 0.717) is 0 Å². The summed E-state index contributed by atoms with van der Waals surface area (Å²) in [4.78, 5) is 1.21. The molecular formula is C12H11BrClNOS. The maximum absolute atomic E-state index is 5.87. The molecular weight excluding hydrogens is 322 g/mol. The highest BCUT2D eigenvalue weighted by molar-refractivity contribution is 9.10. The number of hydrogen-bond acceptors (Lipinski definition) is 3. The van der Waals surface area contributed by atoms with E-state index in [-0.39, 0.29) is 0 Å². The lowest BCUT2D eigenvalue weighted by Gasteiger charge is -2.08. The normalized spacial score (nSPS) is 10.3. The monoisotopic (exact) mass is 331 g/mol. The number of hydrogen-bond donors (Lipinski definition) is 1. The molecule has 0 unspecified atom stereocenters. The average Bonchev–Trinajstić information content (AvgIpc) is 2.73. The molecule has 0 aliphatic rings. The van der Waals surface area contributed by atoms with Crippen LogP contribution in [0.4, 0.5) is 5.69 Å². The third-order valence-corrected chi connectivity index (χ3v) is 4.14. The van der Waals surface area contributed by atoms with Crippen LogP contribution in [0.2, 0.25) is 5.02 Å². The Morgan fingerprint density at radius 3 is 2.82 bits per heavy atom. The SMILES string of the molecule is COc1ccc(NCc2cc(Cl)cs2)cc1Br. The van der Waals surface area contributed by atoms with Crippen molar-refractivity contribution in [3.05, 3.63) is 44.0 Å². The van der Waals surface area contributed by atoms with Crippen molar-refractivity contribution >= 4 is 44.6 Å². The minimum absolute atomic E-state index is 0.774. The van der Waals surface area contributed by atoms with E-state index in [2.05, 4.69) is 21.2 Å². The minimum Gasteiger partial charge on any atom is -0.496 e. The maximum Gasteiger partial charge on any atom is 0.133 e. The molecule has 0 aliphatic heterocycles. The molecule has 0 saturated carbocycles. The van der Waals surface area contributed by atoms with Crippen LogP contribution >= 0.6 is 38.9 Å². The molecule has 2 nitrogen and oxygen atoms in total. The van der Waals surface area contributed by atoms with E-state index in [9.17, 15) is 0 Å². The molecule has 90 valence electrons. The second-order valence-electron chi connectivity index (χ2n) is 3.43. The molecule has 17 heavy (non-hydrogen) atoms. The van der Waals surface area contributed by atoms with Crippen LogP contribution in [-0.2, 0) is 6.54 Å². The molecule has 0 fully saturated rings. The third-order valence-electron chi connectivity index (χ3n) is 2.24. The summed E-state index contributed by atoms with van der Waals surface area (Å²) in [5.41, 5.74) is 1.04. The van der Waals surface area contributed by atoms with E-state index >= 15 is 0 Å². The Kier molecular flexibility index (Phi) is 4.31. The summed E-state index contributed by atoms with van der Waals surface area (Å²) in [7, 11) is 1.65. The number of halogens is 2. The molecule has 1 N–H and O–H groups in total. The maximum atomic E-state index is 5.87. The zero-order chi connectivity index (χ0) is 12.3. The summed E-state index contributed by atoms with van der Waals surface area (Å²) in [6.07, 6.45) is 0. The Labute approximate surface area is 118 Å². The van der Waals surface area contributed by atoms with Gasteiger partial charge in [-0.15, -0.1) is 11.3 Å². The second kappa shape index (κ2) is 5.76. The van der Waals surface area contributed by atoms with Gasteiger partial charge in [-0.2, -0.15) is 0 Å².